The van der Waals surface area contributed by atoms with Gasteiger partial charge >= 0.3 is 0 Å². The maximum atomic E-state index is 12.2. The van der Waals surface area contributed by atoms with Gasteiger partial charge in [-0.1, -0.05) is 11.8 Å². The fourth-order valence-corrected chi connectivity index (χ4v) is 4.22. The van der Waals surface area contributed by atoms with Gasteiger partial charge < -0.3 is 10.6 Å². The van der Waals surface area contributed by atoms with E-state index in [1.165, 1.54) is 0 Å². The van der Waals surface area contributed by atoms with Gasteiger partial charge in [0.25, 0.3) is 0 Å². The van der Waals surface area contributed by atoms with Gasteiger partial charge in [-0.2, -0.15) is 0 Å². The number of benzene rings is 1. The van der Waals surface area contributed by atoms with Crippen LogP contribution in [0.15, 0.2) is 38.9 Å². The Balaban J connectivity index is 1.57. The van der Waals surface area contributed by atoms with Crippen LogP contribution in [0.3, 0.4) is 0 Å². The van der Waals surface area contributed by atoms with E-state index in [0.29, 0.717) is 0 Å². The first-order valence-electron chi connectivity index (χ1n) is 7.42. The molecule has 1 aliphatic heterocycles. The van der Waals surface area contributed by atoms with E-state index >= 15 is 0 Å². The first-order chi connectivity index (χ1) is 10.7. The van der Waals surface area contributed by atoms with Gasteiger partial charge in [-0.05, 0) is 57.1 Å². The summed E-state index contributed by atoms with van der Waals surface area (Å²) in [6.45, 7) is 3.86. The number of hydrogen-bond donors (Lipinski definition) is 2. The number of nitrogens with one attached hydrogen (secondary N) is 2. The molecule has 1 saturated heterocycles. The molecule has 0 radical (unpaired) electrons. The average molecular weight is 333 g/mol. The van der Waals surface area contributed by atoms with E-state index < -0.39 is 0 Å². The van der Waals surface area contributed by atoms with Crippen LogP contribution in [-0.2, 0) is 4.79 Å². The van der Waals surface area contributed by atoms with Crippen LogP contribution in [0.25, 0.3) is 0 Å². The second-order valence-corrected chi connectivity index (χ2v) is 7.57. The molecule has 0 atom stereocenters. The molecule has 1 aromatic heterocycles. The number of carbonyl (C=O) groups excluding carboxylic acids is 1. The summed E-state index contributed by atoms with van der Waals surface area (Å²) in [4.78, 5) is 17.8. The van der Waals surface area contributed by atoms with Crippen LogP contribution in [0, 0.1) is 12.8 Å². The van der Waals surface area contributed by atoms with Gasteiger partial charge in [-0.25, -0.2) is 4.98 Å². The molecule has 1 amide bonds. The van der Waals surface area contributed by atoms with Crippen molar-refractivity contribution in [3.8, 4) is 0 Å². The van der Waals surface area contributed by atoms with Gasteiger partial charge in [-0.3, -0.25) is 4.79 Å². The Morgan fingerprint density at radius 2 is 2.05 bits per heavy atom. The van der Waals surface area contributed by atoms with Crippen LogP contribution in [0.4, 0.5) is 5.69 Å². The first kappa shape index (κ1) is 15.5. The molecule has 2 N–H and O–H groups in total. The lowest BCUT2D eigenvalue weighted by Gasteiger charge is -2.21. The summed E-state index contributed by atoms with van der Waals surface area (Å²) in [5.74, 6) is 0.269. The zero-order chi connectivity index (χ0) is 15.4. The second kappa shape index (κ2) is 7.26. The van der Waals surface area contributed by atoms with Crippen LogP contribution in [0.1, 0.15) is 18.5 Å². The summed E-state index contributed by atoms with van der Waals surface area (Å²) in [7, 11) is 0. The standard InChI is InChI=1S/C16H19N3OS2/c1-11-10-21-16(18-11)22-14-4-2-13(3-5-14)19-15(20)12-6-8-17-9-7-12/h2-5,10,12,17H,6-9H2,1H3,(H,19,20). The zero-order valence-electron chi connectivity index (χ0n) is 12.5. The van der Waals surface area contributed by atoms with Crippen LogP contribution in [-0.4, -0.2) is 24.0 Å². The maximum Gasteiger partial charge on any atom is 0.227 e. The normalized spacial score (nSPS) is 15.7. The molecule has 3 rings (SSSR count). The fraction of sp³-hybridized carbons (Fsp3) is 0.375. The van der Waals surface area contributed by atoms with Gasteiger partial charge in [0, 0.05) is 27.6 Å². The van der Waals surface area contributed by atoms with Crippen LogP contribution in [0.5, 0.6) is 0 Å². The number of thiazole rings is 1. The van der Waals surface area contributed by atoms with Gasteiger partial charge in [0.2, 0.25) is 5.91 Å². The Kier molecular flexibility index (Phi) is 5.12. The van der Waals surface area contributed by atoms with E-state index in [0.717, 1.165) is 46.5 Å². The molecular formula is C16H19N3OS2. The van der Waals surface area contributed by atoms with Crippen LogP contribution in [0.2, 0.25) is 0 Å². The molecule has 0 bridgehead atoms. The molecule has 0 unspecified atom stereocenters. The summed E-state index contributed by atoms with van der Waals surface area (Å²) < 4.78 is 1.05. The summed E-state index contributed by atoms with van der Waals surface area (Å²) in [5, 5.41) is 8.35. The van der Waals surface area contributed by atoms with E-state index in [-0.39, 0.29) is 11.8 Å². The van der Waals surface area contributed by atoms with Crippen molar-refractivity contribution in [3.05, 3.63) is 35.3 Å². The van der Waals surface area contributed by atoms with Crippen molar-refractivity contribution in [3.63, 3.8) is 0 Å². The van der Waals surface area contributed by atoms with E-state index in [1.807, 2.05) is 31.2 Å². The first-order valence-corrected chi connectivity index (χ1v) is 9.12. The fourth-order valence-electron chi connectivity index (χ4n) is 2.41. The summed E-state index contributed by atoms with van der Waals surface area (Å²) in [5.41, 5.74) is 1.92. The molecule has 0 saturated carbocycles. The van der Waals surface area contributed by atoms with Crippen molar-refractivity contribution < 1.29 is 4.79 Å². The minimum Gasteiger partial charge on any atom is -0.326 e. The number of piperidine rings is 1. The minimum absolute atomic E-state index is 0.133. The highest BCUT2D eigenvalue weighted by Gasteiger charge is 2.20. The Morgan fingerprint density at radius 1 is 1.32 bits per heavy atom. The molecule has 2 heterocycles. The van der Waals surface area contributed by atoms with E-state index in [1.54, 1.807) is 23.1 Å². The second-order valence-electron chi connectivity index (χ2n) is 5.39. The number of carbonyl (C=O) groups is 1. The Hall–Kier alpha value is -1.37. The summed E-state index contributed by atoms with van der Waals surface area (Å²) >= 11 is 3.30. The molecule has 116 valence electrons. The lowest BCUT2D eigenvalue weighted by Crippen LogP contribution is -2.34. The van der Waals surface area contributed by atoms with Gasteiger partial charge in [-0.15, -0.1) is 11.3 Å². The number of rotatable bonds is 4. The van der Waals surface area contributed by atoms with Gasteiger partial charge in [0.05, 0.1) is 0 Å². The SMILES string of the molecule is Cc1csc(Sc2ccc(NC(=O)C3CCNCC3)cc2)n1. The van der Waals surface area contributed by atoms with Crippen LogP contribution < -0.4 is 10.6 Å². The van der Waals surface area contributed by atoms with E-state index in [4.69, 9.17) is 0 Å². The Bertz CT molecular complexity index is 633. The van der Waals surface area contributed by atoms with Gasteiger partial charge in [0.1, 0.15) is 0 Å². The van der Waals surface area contributed by atoms with Gasteiger partial charge in [0.15, 0.2) is 4.34 Å². The summed E-state index contributed by atoms with van der Waals surface area (Å²) in [6, 6.07) is 7.97. The van der Waals surface area contributed by atoms with E-state index in [9.17, 15) is 4.79 Å². The predicted molar refractivity (Wildman–Crippen MR) is 91.6 cm³/mol. The van der Waals surface area contributed by atoms with Crippen molar-refractivity contribution in [2.24, 2.45) is 5.92 Å². The lowest BCUT2D eigenvalue weighted by molar-refractivity contribution is -0.120. The Morgan fingerprint density at radius 3 is 2.68 bits per heavy atom. The van der Waals surface area contributed by atoms with Crippen molar-refractivity contribution >= 4 is 34.7 Å². The highest BCUT2D eigenvalue weighted by Crippen LogP contribution is 2.31. The van der Waals surface area contributed by atoms with E-state index in [2.05, 4.69) is 21.0 Å². The number of amides is 1. The molecule has 0 aliphatic carbocycles. The van der Waals surface area contributed by atoms with Crippen molar-refractivity contribution in [1.82, 2.24) is 10.3 Å². The minimum atomic E-state index is 0.133. The molecule has 4 nitrogen and oxygen atoms in total. The zero-order valence-corrected chi connectivity index (χ0v) is 14.1. The third-order valence-corrected chi connectivity index (χ3v) is 5.70. The topological polar surface area (TPSA) is 54.0 Å². The molecular weight excluding hydrogens is 314 g/mol. The highest BCUT2D eigenvalue weighted by molar-refractivity contribution is 8.01. The molecule has 1 aliphatic rings. The third kappa shape index (κ3) is 4.09. The molecule has 1 aromatic carbocycles. The number of hydrogen-bond acceptors (Lipinski definition) is 5. The maximum absolute atomic E-state index is 12.2. The monoisotopic (exact) mass is 333 g/mol. The highest BCUT2D eigenvalue weighted by atomic mass is 32.2. The molecule has 1 fully saturated rings. The molecule has 2 aromatic rings. The number of aryl methyl sites for hydroxylation is 1. The largest absolute Gasteiger partial charge is 0.326 e. The smallest absolute Gasteiger partial charge is 0.227 e. The van der Waals surface area contributed by atoms with Crippen molar-refractivity contribution in [1.29, 1.82) is 0 Å². The number of aromatic nitrogens is 1. The molecule has 22 heavy (non-hydrogen) atoms. The third-order valence-electron chi connectivity index (χ3n) is 3.63. The molecule has 0 spiro atoms. The Labute approximate surface area is 138 Å². The average Bonchev–Trinajstić information content (AvgIpc) is 2.95. The molecule has 6 heteroatoms. The summed E-state index contributed by atoms with van der Waals surface area (Å²) in [6.07, 6.45) is 1.84. The van der Waals surface area contributed by atoms with Crippen molar-refractivity contribution in [2.45, 2.75) is 29.0 Å². The number of anilines is 1. The quantitative estimate of drug-likeness (QED) is 0.898. The predicted octanol–water partition coefficient (Wildman–Crippen LogP) is 3.54. The lowest BCUT2D eigenvalue weighted by atomic mass is 9.97. The van der Waals surface area contributed by atoms with Crippen LogP contribution >= 0.6 is 23.1 Å². The van der Waals surface area contributed by atoms with Crippen molar-refractivity contribution in [2.75, 3.05) is 18.4 Å². The number of nitrogens with zero attached hydrogens (tertiary/aromatic N) is 1.